The van der Waals surface area contributed by atoms with E-state index in [4.69, 9.17) is 9.47 Å². The maximum atomic E-state index is 12.3. The van der Waals surface area contributed by atoms with E-state index < -0.39 is 0 Å². The van der Waals surface area contributed by atoms with E-state index in [1.54, 1.807) is 0 Å². The second-order valence-electron chi connectivity index (χ2n) is 5.67. The Labute approximate surface area is 129 Å². The third kappa shape index (κ3) is 3.16. The third-order valence-electron chi connectivity index (χ3n) is 4.06. The first kappa shape index (κ1) is 14.7. The van der Waals surface area contributed by atoms with Crippen LogP contribution in [0.2, 0.25) is 0 Å². The molecule has 6 nitrogen and oxygen atoms in total. The summed E-state index contributed by atoms with van der Waals surface area (Å²) in [6, 6.07) is 5.58. The number of benzene rings is 1. The molecule has 1 aromatic rings. The maximum Gasteiger partial charge on any atom is 0.225 e. The third-order valence-corrected chi connectivity index (χ3v) is 4.06. The average molecular weight is 304 g/mol. The van der Waals surface area contributed by atoms with Crippen LogP contribution in [0.1, 0.15) is 31.4 Å². The topological polar surface area (TPSA) is 76.7 Å². The van der Waals surface area contributed by atoms with Crippen LogP contribution >= 0.6 is 0 Å². The first-order chi connectivity index (χ1) is 10.6. The molecule has 1 aromatic carbocycles. The molecule has 2 N–H and O–H groups in total. The molecule has 0 aromatic heterocycles. The fourth-order valence-electron chi connectivity index (χ4n) is 2.70. The smallest absolute Gasteiger partial charge is 0.225 e. The van der Waals surface area contributed by atoms with Crippen molar-refractivity contribution in [3.05, 3.63) is 23.8 Å². The number of ether oxygens (including phenoxy) is 2. The number of carbonyl (C=O) groups excluding carboxylic acids is 2. The Kier molecular flexibility index (Phi) is 4.18. The second kappa shape index (κ2) is 6.25. The van der Waals surface area contributed by atoms with Gasteiger partial charge >= 0.3 is 0 Å². The van der Waals surface area contributed by atoms with Crippen LogP contribution < -0.4 is 20.1 Å². The van der Waals surface area contributed by atoms with Gasteiger partial charge in [0.05, 0.1) is 12.0 Å². The van der Waals surface area contributed by atoms with Gasteiger partial charge < -0.3 is 20.1 Å². The fourth-order valence-corrected chi connectivity index (χ4v) is 2.70. The number of nitrogens with one attached hydrogen (secondary N) is 2. The van der Waals surface area contributed by atoms with Gasteiger partial charge in [-0.25, -0.2) is 0 Å². The van der Waals surface area contributed by atoms with Gasteiger partial charge in [0.2, 0.25) is 11.8 Å². The number of amides is 2. The van der Waals surface area contributed by atoms with Gasteiger partial charge in [0.15, 0.2) is 11.5 Å². The van der Waals surface area contributed by atoms with E-state index in [1.165, 1.54) is 0 Å². The van der Waals surface area contributed by atoms with Crippen LogP contribution in [-0.4, -0.2) is 31.6 Å². The predicted molar refractivity (Wildman–Crippen MR) is 79.7 cm³/mol. The van der Waals surface area contributed by atoms with Crippen LogP contribution in [0, 0.1) is 5.92 Å². The van der Waals surface area contributed by atoms with Crippen LogP contribution in [0.15, 0.2) is 18.2 Å². The van der Waals surface area contributed by atoms with Crippen molar-refractivity contribution in [1.82, 2.24) is 10.6 Å². The van der Waals surface area contributed by atoms with Gasteiger partial charge in [0, 0.05) is 13.0 Å². The van der Waals surface area contributed by atoms with E-state index in [-0.39, 0.29) is 23.8 Å². The highest BCUT2D eigenvalue weighted by Gasteiger charge is 2.25. The summed E-state index contributed by atoms with van der Waals surface area (Å²) in [5.74, 6) is 1.29. The Hall–Kier alpha value is -2.24. The van der Waals surface area contributed by atoms with Gasteiger partial charge in [-0.15, -0.1) is 0 Å². The monoisotopic (exact) mass is 304 g/mol. The first-order valence-corrected chi connectivity index (χ1v) is 7.60. The van der Waals surface area contributed by atoms with Crippen LogP contribution in [0.3, 0.4) is 0 Å². The molecule has 6 heteroatoms. The molecule has 0 spiro atoms. The summed E-state index contributed by atoms with van der Waals surface area (Å²) in [6.07, 6.45) is 1.02. The minimum atomic E-state index is -0.155. The number of rotatable bonds is 3. The largest absolute Gasteiger partial charge is 0.486 e. The molecular formula is C16H20N2O4. The summed E-state index contributed by atoms with van der Waals surface area (Å²) in [4.78, 5) is 23.4. The Balaban J connectivity index is 1.62. The molecule has 118 valence electrons. The molecule has 2 atom stereocenters. The molecule has 1 saturated heterocycles. The molecule has 0 unspecified atom stereocenters. The molecule has 2 aliphatic heterocycles. The highest BCUT2D eigenvalue weighted by Crippen LogP contribution is 2.32. The van der Waals surface area contributed by atoms with E-state index in [0.29, 0.717) is 32.6 Å². The molecule has 0 saturated carbocycles. The zero-order valence-corrected chi connectivity index (χ0v) is 12.6. The van der Waals surface area contributed by atoms with Gasteiger partial charge in [0.1, 0.15) is 13.2 Å². The lowest BCUT2D eigenvalue weighted by Crippen LogP contribution is -2.43. The van der Waals surface area contributed by atoms with Crippen LogP contribution in [0.5, 0.6) is 11.5 Å². The lowest BCUT2D eigenvalue weighted by atomic mass is 9.97. The van der Waals surface area contributed by atoms with Crippen LogP contribution in [0.25, 0.3) is 0 Å². The standard InChI is InChI=1S/C16H20N2O4/c1-10(18-16(20)12-3-5-15(19)17-9-12)11-2-4-13-14(8-11)22-7-6-21-13/h2,4,8,10,12H,3,5-7,9H2,1H3,(H,17,19)(H,18,20)/t10-,12+/m0/s1. The second-order valence-corrected chi connectivity index (χ2v) is 5.67. The zero-order chi connectivity index (χ0) is 15.5. The molecule has 0 radical (unpaired) electrons. The van der Waals surface area contributed by atoms with Gasteiger partial charge in [-0.2, -0.15) is 0 Å². The zero-order valence-electron chi connectivity index (χ0n) is 12.6. The lowest BCUT2D eigenvalue weighted by Gasteiger charge is -2.25. The summed E-state index contributed by atoms with van der Waals surface area (Å²) in [5.41, 5.74) is 0.970. The van der Waals surface area contributed by atoms with E-state index in [2.05, 4.69) is 10.6 Å². The molecule has 0 aliphatic carbocycles. The summed E-state index contributed by atoms with van der Waals surface area (Å²) in [7, 11) is 0. The summed E-state index contributed by atoms with van der Waals surface area (Å²) >= 11 is 0. The molecule has 2 aliphatic rings. The lowest BCUT2D eigenvalue weighted by molar-refractivity contribution is -0.129. The molecule has 1 fully saturated rings. The Morgan fingerprint density at radius 1 is 1.32 bits per heavy atom. The van der Waals surface area contributed by atoms with Gasteiger partial charge in [-0.05, 0) is 31.0 Å². The van der Waals surface area contributed by atoms with Crippen molar-refractivity contribution >= 4 is 11.8 Å². The Morgan fingerprint density at radius 2 is 2.09 bits per heavy atom. The maximum absolute atomic E-state index is 12.3. The summed E-state index contributed by atoms with van der Waals surface area (Å²) in [6.45, 7) is 3.45. The number of piperidine rings is 1. The molecule has 2 heterocycles. The van der Waals surface area contributed by atoms with Crippen LogP contribution in [-0.2, 0) is 9.59 Å². The molecule has 22 heavy (non-hydrogen) atoms. The normalized spacial score (nSPS) is 21.7. The van der Waals surface area contributed by atoms with E-state index in [1.807, 2.05) is 25.1 Å². The van der Waals surface area contributed by atoms with Crippen molar-refractivity contribution in [3.63, 3.8) is 0 Å². The summed E-state index contributed by atoms with van der Waals surface area (Å²) < 4.78 is 11.1. The van der Waals surface area contributed by atoms with Gasteiger partial charge in [0.25, 0.3) is 0 Å². The van der Waals surface area contributed by atoms with Gasteiger partial charge in [-0.3, -0.25) is 9.59 Å². The van der Waals surface area contributed by atoms with Crippen LogP contribution in [0.4, 0.5) is 0 Å². The van der Waals surface area contributed by atoms with Crippen molar-refractivity contribution in [2.45, 2.75) is 25.8 Å². The highest BCUT2D eigenvalue weighted by molar-refractivity contribution is 5.83. The van der Waals surface area contributed by atoms with Crippen molar-refractivity contribution in [3.8, 4) is 11.5 Å². The summed E-state index contributed by atoms with van der Waals surface area (Å²) in [5, 5.41) is 5.73. The van der Waals surface area contributed by atoms with E-state index >= 15 is 0 Å². The number of hydrogen-bond acceptors (Lipinski definition) is 4. The van der Waals surface area contributed by atoms with E-state index in [0.717, 1.165) is 17.1 Å². The van der Waals surface area contributed by atoms with Crippen molar-refractivity contribution < 1.29 is 19.1 Å². The minimum absolute atomic E-state index is 0.0175. The quantitative estimate of drug-likeness (QED) is 0.878. The average Bonchev–Trinajstić information content (AvgIpc) is 2.55. The van der Waals surface area contributed by atoms with Crippen molar-refractivity contribution in [2.75, 3.05) is 19.8 Å². The fraction of sp³-hybridized carbons (Fsp3) is 0.500. The molecular weight excluding hydrogens is 284 g/mol. The molecule has 0 bridgehead atoms. The van der Waals surface area contributed by atoms with Crippen molar-refractivity contribution in [1.29, 1.82) is 0 Å². The first-order valence-electron chi connectivity index (χ1n) is 7.60. The number of hydrogen-bond donors (Lipinski definition) is 2. The number of carbonyl (C=O) groups is 2. The number of fused-ring (bicyclic) bond motifs is 1. The Bertz CT molecular complexity index is 578. The molecule has 3 rings (SSSR count). The minimum Gasteiger partial charge on any atom is -0.486 e. The Morgan fingerprint density at radius 3 is 2.82 bits per heavy atom. The van der Waals surface area contributed by atoms with Gasteiger partial charge in [-0.1, -0.05) is 6.07 Å². The highest BCUT2D eigenvalue weighted by atomic mass is 16.6. The van der Waals surface area contributed by atoms with Crippen molar-refractivity contribution in [2.24, 2.45) is 5.92 Å². The van der Waals surface area contributed by atoms with E-state index in [9.17, 15) is 9.59 Å². The predicted octanol–water partition coefficient (Wildman–Crippen LogP) is 1.16. The SMILES string of the molecule is C[C@H](NC(=O)[C@@H]1CCC(=O)NC1)c1ccc2c(c1)OCCO2. The molecule has 2 amide bonds.